The molecule has 0 aliphatic heterocycles. The molecule has 0 spiro atoms. The lowest BCUT2D eigenvalue weighted by molar-refractivity contribution is 0.136. The highest BCUT2D eigenvalue weighted by molar-refractivity contribution is 5.45. The van der Waals surface area contributed by atoms with E-state index in [1.165, 1.54) is 56.1 Å². The number of benzene rings is 1. The molecule has 4 atom stereocenters. The second-order valence-electron chi connectivity index (χ2n) is 7.08. The molecule has 0 heterocycles. The van der Waals surface area contributed by atoms with Crippen molar-refractivity contribution >= 4 is 0 Å². The number of phenols is 1. The van der Waals surface area contributed by atoms with E-state index in [0.29, 0.717) is 5.75 Å². The first-order valence-corrected chi connectivity index (χ1v) is 8.06. The Morgan fingerprint density at radius 2 is 1.89 bits per heavy atom. The molecule has 2 saturated carbocycles. The normalized spacial score (nSPS) is 36.5. The van der Waals surface area contributed by atoms with Crippen molar-refractivity contribution in [3.05, 3.63) is 28.8 Å². The molecule has 1 aromatic rings. The molecule has 4 rings (SSSR count). The molecular formula is C18H24O. The Kier molecular flexibility index (Phi) is 2.65. The summed E-state index contributed by atoms with van der Waals surface area (Å²) in [5, 5.41) is 9.82. The molecule has 0 aromatic heterocycles. The lowest BCUT2D eigenvalue weighted by Crippen LogP contribution is -2.34. The fourth-order valence-electron chi connectivity index (χ4n) is 5.58. The zero-order chi connectivity index (χ0) is 13.0. The molecular weight excluding hydrogens is 232 g/mol. The number of aryl methyl sites for hydroxylation is 2. The summed E-state index contributed by atoms with van der Waals surface area (Å²) >= 11 is 0. The summed E-state index contributed by atoms with van der Waals surface area (Å²) in [5.74, 6) is 4.25. The topological polar surface area (TPSA) is 20.2 Å². The maximum atomic E-state index is 9.82. The second kappa shape index (κ2) is 4.26. The number of rotatable bonds is 0. The number of hydrogen-bond acceptors (Lipinski definition) is 1. The molecule has 1 N–H and O–H groups in total. The Balaban J connectivity index is 1.75. The Labute approximate surface area is 116 Å². The van der Waals surface area contributed by atoms with Crippen LogP contribution in [0.15, 0.2) is 12.1 Å². The highest BCUT2D eigenvalue weighted by Crippen LogP contribution is 2.55. The van der Waals surface area contributed by atoms with Crippen LogP contribution >= 0.6 is 0 Å². The van der Waals surface area contributed by atoms with E-state index in [2.05, 4.69) is 6.92 Å². The Morgan fingerprint density at radius 3 is 2.79 bits per heavy atom. The summed E-state index contributed by atoms with van der Waals surface area (Å²) in [5.41, 5.74) is 4.38. The summed E-state index contributed by atoms with van der Waals surface area (Å²) in [6.45, 7) is 2.20. The minimum Gasteiger partial charge on any atom is -0.508 e. The van der Waals surface area contributed by atoms with Crippen LogP contribution in [-0.2, 0) is 6.42 Å². The van der Waals surface area contributed by atoms with Crippen LogP contribution in [0.3, 0.4) is 0 Å². The van der Waals surface area contributed by atoms with Gasteiger partial charge in [-0.15, -0.1) is 0 Å². The number of hydrogen-bond donors (Lipinski definition) is 1. The molecule has 102 valence electrons. The van der Waals surface area contributed by atoms with Crippen LogP contribution in [0.25, 0.3) is 0 Å². The van der Waals surface area contributed by atoms with Crippen LogP contribution in [-0.4, -0.2) is 5.11 Å². The first-order valence-electron chi connectivity index (χ1n) is 8.06. The Bertz CT molecular complexity index is 505. The van der Waals surface area contributed by atoms with Gasteiger partial charge in [0.15, 0.2) is 0 Å². The van der Waals surface area contributed by atoms with Crippen molar-refractivity contribution in [2.75, 3.05) is 0 Å². The van der Waals surface area contributed by atoms with Crippen molar-refractivity contribution in [3.8, 4) is 5.75 Å². The molecule has 1 aromatic carbocycles. The lowest BCUT2D eigenvalue weighted by Gasteiger charge is -2.44. The number of aromatic hydroxyl groups is 1. The van der Waals surface area contributed by atoms with Crippen molar-refractivity contribution in [3.63, 3.8) is 0 Å². The minimum atomic E-state index is 0.462. The maximum Gasteiger partial charge on any atom is 0.116 e. The van der Waals surface area contributed by atoms with Crippen LogP contribution in [0.2, 0.25) is 0 Å². The van der Waals surface area contributed by atoms with Crippen LogP contribution in [0, 0.1) is 24.7 Å². The molecule has 3 aliphatic carbocycles. The first-order chi connectivity index (χ1) is 9.24. The highest BCUT2D eigenvalue weighted by Gasteiger charge is 2.44. The molecule has 19 heavy (non-hydrogen) atoms. The van der Waals surface area contributed by atoms with Gasteiger partial charge in [-0.3, -0.25) is 0 Å². The summed E-state index contributed by atoms with van der Waals surface area (Å²) in [6, 6.07) is 4.00. The SMILES string of the molecule is Cc1cc(O)cc2c1C1CCC3CCCC3C1CC2. The standard InChI is InChI=1S/C18H24O/c1-11-9-14(19)10-13-6-7-16-15-4-2-3-12(15)5-8-17(16)18(11)13/h9-10,12,15-17,19H,2-8H2,1H3. The van der Waals surface area contributed by atoms with E-state index in [-0.39, 0.29) is 0 Å². The van der Waals surface area contributed by atoms with E-state index in [1.807, 2.05) is 12.1 Å². The predicted octanol–water partition coefficient (Wildman–Crippen LogP) is 4.56. The zero-order valence-electron chi connectivity index (χ0n) is 11.9. The third-order valence-corrected chi connectivity index (χ3v) is 6.21. The largest absolute Gasteiger partial charge is 0.508 e. The van der Waals surface area contributed by atoms with Gasteiger partial charge in [0.05, 0.1) is 0 Å². The summed E-state index contributed by atoms with van der Waals surface area (Å²) < 4.78 is 0. The average Bonchev–Trinajstić information content (AvgIpc) is 2.85. The Hall–Kier alpha value is -0.980. The van der Waals surface area contributed by atoms with Gasteiger partial charge in [0.25, 0.3) is 0 Å². The van der Waals surface area contributed by atoms with E-state index in [4.69, 9.17) is 0 Å². The van der Waals surface area contributed by atoms with Gasteiger partial charge in [-0.1, -0.05) is 12.8 Å². The van der Waals surface area contributed by atoms with E-state index >= 15 is 0 Å². The average molecular weight is 256 g/mol. The molecule has 3 aliphatic rings. The van der Waals surface area contributed by atoms with Crippen molar-refractivity contribution in [1.82, 2.24) is 0 Å². The van der Waals surface area contributed by atoms with Gasteiger partial charge in [0, 0.05) is 0 Å². The highest BCUT2D eigenvalue weighted by atomic mass is 16.3. The van der Waals surface area contributed by atoms with Crippen molar-refractivity contribution in [2.45, 2.75) is 57.8 Å². The quantitative estimate of drug-likeness (QED) is 0.721. The second-order valence-corrected chi connectivity index (χ2v) is 7.08. The first kappa shape index (κ1) is 11.8. The fraction of sp³-hybridized carbons (Fsp3) is 0.667. The predicted molar refractivity (Wildman–Crippen MR) is 77.5 cm³/mol. The van der Waals surface area contributed by atoms with Gasteiger partial charge < -0.3 is 5.11 Å². The smallest absolute Gasteiger partial charge is 0.116 e. The van der Waals surface area contributed by atoms with Crippen molar-refractivity contribution < 1.29 is 5.11 Å². The molecule has 1 heteroatoms. The van der Waals surface area contributed by atoms with Gasteiger partial charge in [-0.2, -0.15) is 0 Å². The van der Waals surface area contributed by atoms with E-state index in [9.17, 15) is 5.11 Å². The zero-order valence-corrected chi connectivity index (χ0v) is 11.9. The third-order valence-electron chi connectivity index (χ3n) is 6.21. The summed E-state index contributed by atoms with van der Waals surface area (Å²) in [7, 11) is 0. The van der Waals surface area contributed by atoms with Crippen LogP contribution in [0.5, 0.6) is 5.75 Å². The van der Waals surface area contributed by atoms with E-state index in [1.54, 1.807) is 5.56 Å². The molecule has 0 bridgehead atoms. The van der Waals surface area contributed by atoms with Crippen LogP contribution in [0.1, 0.15) is 61.1 Å². The maximum absolute atomic E-state index is 9.82. The lowest BCUT2D eigenvalue weighted by atomic mass is 9.60. The van der Waals surface area contributed by atoms with Crippen molar-refractivity contribution in [2.24, 2.45) is 17.8 Å². The molecule has 2 fully saturated rings. The fourth-order valence-corrected chi connectivity index (χ4v) is 5.58. The van der Waals surface area contributed by atoms with Gasteiger partial charge >= 0.3 is 0 Å². The van der Waals surface area contributed by atoms with E-state index in [0.717, 1.165) is 23.7 Å². The minimum absolute atomic E-state index is 0.462. The summed E-state index contributed by atoms with van der Waals surface area (Å²) in [6.07, 6.45) is 9.85. The van der Waals surface area contributed by atoms with Gasteiger partial charge in [-0.05, 0) is 91.5 Å². The third kappa shape index (κ3) is 1.74. The monoisotopic (exact) mass is 256 g/mol. The Morgan fingerprint density at radius 1 is 1.00 bits per heavy atom. The van der Waals surface area contributed by atoms with Crippen LogP contribution in [0.4, 0.5) is 0 Å². The molecule has 4 unspecified atom stereocenters. The van der Waals surface area contributed by atoms with Crippen molar-refractivity contribution in [1.29, 1.82) is 0 Å². The van der Waals surface area contributed by atoms with Gasteiger partial charge in [0.2, 0.25) is 0 Å². The molecule has 0 amide bonds. The molecule has 0 radical (unpaired) electrons. The summed E-state index contributed by atoms with van der Waals surface area (Å²) in [4.78, 5) is 0. The number of fused-ring (bicyclic) bond motifs is 5. The van der Waals surface area contributed by atoms with Gasteiger partial charge in [-0.25, -0.2) is 0 Å². The van der Waals surface area contributed by atoms with E-state index < -0.39 is 0 Å². The number of phenolic OH excluding ortho intramolecular Hbond substituents is 1. The molecule has 1 nitrogen and oxygen atoms in total. The molecule has 0 saturated heterocycles. The van der Waals surface area contributed by atoms with Gasteiger partial charge in [0.1, 0.15) is 5.75 Å². The van der Waals surface area contributed by atoms with Crippen LogP contribution < -0.4 is 0 Å².